The number of esters is 1. The average molecular weight is 214 g/mol. The first-order chi connectivity index (χ1) is 6.93. The number of allylic oxidation sites excluding steroid dienone is 3. The molecular weight excluding hydrogens is 195 g/mol. The maximum atomic E-state index is 13.3. The number of hydrogen-bond donors (Lipinski definition) is 0. The van der Waals surface area contributed by atoms with E-state index in [0.717, 1.165) is 6.42 Å². The van der Waals surface area contributed by atoms with Crippen LogP contribution in [0.4, 0.5) is 4.39 Å². The van der Waals surface area contributed by atoms with Crippen molar-refractivity contribution < 1.29 is 13.9 Å². The Kier molecular flexibility index (Phi) is 6.67. The monoisotopic (exact) mass is 214 g/mol. The van der Waals surface area contributed by atoms with Gasteiger partial charge >= 0.3 is 5.97 Å². The predicted octanol–water partition coefficient (Wildman–Crippen LogP) is 3.54. The molecule has 0 aromatic heterocycles. The highest BCUT2D eigenvalue weighted by Gasteiger charge is 2.03. The van der Waals surface area contributed by atoms with E-state index in [1.165, 1.54) is 12.5 Å². The molecule has 0 aliphatic rings. The highest BCUT2D eigenvalue weighted by atomic mass is 19.1. The van der Waals surface area contributed by atoms with Crippen LogP contribution in [-0.4, -0.2) is 12.6 Å². The van der Waals surface area contributed by atoms with Gasteiger partial charge in [-0.15, -0.1) is 0 Å². The van der Waals surface area contributed by atoms with Crippen molar-refractivity contribution in [3.63, 3.8) is 0 Å². The Balaban J connectivity index is 4.03. The predicted molar refractivity (Wildman–Crippen MR) is 59.1 cm³/mol. The number of halogens is 1. The van der Waals surface area contributed by atoms with Crippen LogP contribution in [0.3, 0.4) is 0 Å². The van der Waals surface area contributed by atoms with E-state index in [0.29, 0.717) is 12.0 Å². The fourth-order valence-electron chi connectivity index (χ4n) is 1.00. The quantitative estimate of drug-likeness (QED) is 0.517. The van der Waals surface area contributed by atoms with Gasteiger partial charge in [-0.1, -0.05) is 11.6 Å². The molecule has 0 unspecified atom stereocenters. The van der Waals surface area contributed by atoms with E-state index in [2.05, 4.69) is 10.8 Å². The molecule has 0 saturated carbocycles. The van der Waals surface area contributed by atoms with Gasteiger partial charge in [0.1, 0.15) is 12.4 Å². The Hall–Kier alpha value is -1.12. The molecule has 15 heavy (non-hydrogen) atoms. The van der Waals surface area contributed by atoms with Crippen molar-refractivity contribution in [1.82, 2.24) is 0 Å². The number of rotatable bonds is 5. The second-order valence-electron chi connectivity index (χ2n) is 3.79. The Morgan fingerprint density at radius 3 is 2.33 bits per heavy atom. The topological polar surface area (TPSA) is 26.3 Å². The van der Waals surface area contributed by atoms with Crippen molar-refractivity contribution in [2.45, 2.75) is 40.5 Å². The molecule has 0 fully saturated rings. The summed E-state index contributed by atoms with van der Waals surface area (Å²) < 4.78 is 17.8. The van der Waals surface area contributed by atoms with Gasteiger partial charge in [-0.2, -0.15) is 0 Å². The van der Waals surface area contributed by atoms with Crippen LogP contribution in [0, 0.1) is 0 Å². The number of hydrogen-bond acceptors (Lipinski definition) is 2. The van der Waals surface area contributed by atoms with Crippen LogP contribution in [0.15, 0.2) is 23.0 Å². The summed E-state index contributed by atoms with van der Waals surface area (Å²) >= 11 is 0. The van der Waals surface area contributed by atoms with Crippen LogP contribution in [0.25, 0.3) is 0 Å². The van der Waals surface area contributed by atoms with Crippen molar-refractivity contribution in [2.75, 3.05) is 6.61 Å². The first-order valence-corrected chi connectivity index (χ1v) is 5.04. The van der Waals surface area contributed by atoms with Gasteiger partial charge in [-0.3, -0.25) is 4.79 Å². The summed E-state index contributed by atoms with van der Waals surface area (Å²) in [6, 6.07) is 0. The molecule has 0 rings (SSSR count). The second kappa shape index (κ2) is 7.21. The van der Waals surface area contributed by atoms with Crippen LogP contribution in [-0.2, 0) is 9.53 Å². The smallest absolute Gasteiger partial charge is 0.303 e. The second-order valence-corrected chi connectivity index (χ2v) is 3.79. The minimum absolute atomic E-state index is 0.240. The van der Waals surface area contributed by atoms with Crippen LogP contribution >= 0.6 is 0 Å². The third kappa shape index (κ3) is 7.91. The van der Waals surface area contributed by atoms with Crippen molar-refractivity contribution in [2.24, 2.45) is 0 Å². The van der Waals surface area contributed by atoms with Gasteiger partial charge in [-0.25, -0.2) is 4.39 Å². The van der Waals surface area contributed by atoms with Crippen LogP contribution in [0.1, 0.15) is 40.5 Å². The summed E-state index contributed by atoms with van der Waals surface area (Å²) in [5.41, 5.74) is 1.87. The summed E-state index contributed by atoms with van der Waals surface area (Å²) in [6.07, 6.45) is 3.54. The normalized spacial score (nSPS) is 11.8. The van der Waals surface area contributed by atoms with Crippen molar-refractivity contribution in [3.05, 3.63) is 23.0 Å². The van der Waals surface area contributed by atoms with Gasteiger partial charge in [0.2, 0.25) is 0 Å². The lowest BCUT2D eigenvalue weighted by Gasteiger charge is -2.03. The standard InChI is InChI=1S/C12H19FO2/c1-9(2)6-5-7-10(3)12(13)8-15-11(4)14/h6H,5,7-8H2,1-4H3/b12-10-. The Labute approximate surface area is 90.8 Å². The van der Waals surface area contributed by atoms with E-state index < -0.39 is 5.97 Å². The minimum Gasteiger partial charge on any atom is -0.459 e. The molecule has 0 radical (unpaired) electrons. The first-order valence-electron chi connectivity index (χ1n) is 5.04. The van der Waals surface area contributed by atoms with E-state index in [-0.39, 0.29) is 12.4 Å². The third-order valence-corrected chi connectivity index (χ3v) is 1.94. The SMILES string of the molecule is CC(=O)OC/C(F)=C(\C)CCC=C(C)C. The van der Waals surface area contributed by atoms with Crippen LogP contribution in [0.5, 0.6) is 0 Å². The fraction of sp³-hybridized carbons (Fsp3) is 0.583. The van der Waals surface area contributed by atoms with Crippen LogP contribution in [0.2, 0.25) is 0 Å². The molecule has 2 nitrogen and oxygen atoms in total. The summed E-state index contributed by atoms with van der Waals surface area (Å²) in [7, 11) is 0. The van der Waals surface area contributed by atoms with E-state index in [1.54, 1.807) is 6.92 Å². The zero-order valence-electron chi connectivity index (χ0n) is 9.89. The molecule has 0 heterocycles. The molecule has 0 amide bonds. The Morgan fingerprint density at radius 2 is 1.87 bits per heavy atom. The van der Waals surface area contributed by atoms with Gasteiger partial charge in [0.05, 0.1) is 0 Å². The maximum absolute atomic E-state index is 13.3. The third-order valence-electron chi connectivity index (χ3n) is 1.94. The zero-order valence-corrected chi connectivity index (χ0v) is 9.89. The lowest BCUT2D eigenvalue weighted by Crippen LogP contribution is -2.02. The lowest BCUT2D eigenvalue weighted by atomic mass is 10.1. The average Bonchev–Trinajstić information content (AvgIpc) is 2.13. The Bertz CT molecular complexity index is 273. The number of ether oxygens (including phenoxy) is 1. The van der Waals surface area contributed by atoms with Crippen LogP contribution < -0.4 is 0 Å². The molecule has 0 atom stereocenters. The highest BCUT2D eigenvalue weighted by molar-refractivity contribution is 5.66. The molecule has 0 spiro atoms. The Morgan fingerprint density at radius 1 is 1.27 bits per heavy atom. The molecule has 0 aromatic carbocycles. The van der Waals surface area contributed by atoms with Crippen molar-refractivity contribution in [3.8, 4) is 0 Å². The largest absolute Gasteiger partial charge is 0.459 e. The fourth-order valence-corrected chi connectivity index (χ4v) is 1.00. The summed E-state index contributed by atoms with van der Waals surface area (Å²) in [6.45, 7) is 6.77. The van der Waals surface area contributed by atoms with Crippen molar-refractivity contribution in [1.29, 1.82) is 0 Å². The van der Waals surface area contributed by atoms with E-state index >= 15 is 0 Å². The molecule has 0 aromatic rings. The molecule has 0 aliphatic heterocycles. The summed E-state index contributed by atoms with van der Waals surface area (Å²) in [5.74, 6) is -0.797. The van der Waals surface area contributed by atoms with E-state index in [9.17, 15) is 9.18 Å². The maximum Gasteiger partial charge on any atom is 0.303 e. The molecule has 0 saturated heterocycles. The van der Waals surface area contributed by atoms with E-state index in [1.807, 2.05) is 13.8 Å². The summed E-state index contributed by atoms with van der Waals surface area (Å²) in [4.78, 5) is 10.5. The number of carbonyl (C=O) groups excluding carboxylic acids is 1. The molecule has 86 valence electrons. The van der Waals surface area contributed by atoms with Gasteiger partial charge in [0.25, 0.3) is 0 Å². The van der Waals surface area contributed by atoms with E-state index in [4.69, 9.17) is 0 Å². The molecule has 0 bridgehead atoms. The van der Waals surface area contributed by atoms with Crippen molar-refractivity contribution >= 4 is 5.97 Å². The van der Waals surface area contributed by atoms with Gasteiger partial charge in [-0.05, 0) is 39.2 Å². The van der Waals surface area contributed by atoms with Gasteiger partial charge in [0.15, 0.2) is 0 Å². The summed E-state index contributed by atoms with van der Waals surface area (Å²) in [5, 5.41) is 0. The highest BCUT2D eigenvalue weighted by Crippen LogP contribution is 2.13. The lowest BCUT2D eigenvalue weighted by molar-refractivity contribution is -0.140. The molecule has 0 aliphatic carbocycles. The van der Waals surface area contributed by atoms with Gasteiger partial charge < -0.3 is 4.74 Å². The van der Waals surface area contributed by atoms with Gasteiger partial charge in [0, 0.05) is 6.92 Å². The zero-order chi connectivity index (χ0) is 11.8. The first kappa shape index (κ1) is 13.9. The number of carbonyl (C=O) groups is 1. The molecule has 3 heteroatoms. The molecule has 0 N–H and O–H groups in total. The molecular formula is C12H19FO2. The minimum atomic E-state index is -0.456.